The van der Waals surface area contributed by atoms with Crippen molar-refractivity contribution in [1.82, 2.24) is 4.98 Å². The minimum atomic E-state index is -3.38. The third-order valence-corrected chi connectivity index (χ3v) is 4.51. The Morgan fingerprint density at radius 2 is 1.84 bits per heavy atom. The van der Waals surface area contributed by atoms with Crippen molar-refractivity contribution >= 4 is 9.84 Å². The van der Waals surface area contributed by atoms with Gasteiger partial charge in [0.15, 0.2) is 9.84 Å². The molecule has 5 heteroatoms. The summed E-state index contributed by atoms with van der Waals surface area (Å²) in [5.41, 5.74) is 1.46. The Bertz CT molecular complexity index is 663. The first-order chi connectivity index (χ1) is 9.03. The minimum absolute atomic E-state index is 0.0913. The predicted molar refractivity (Wildman–Crippen MR) is 72.9 cm³/mol. The van der Waals surface area contributed by atoms with E-state index < -0.39 is 9.84 Å². The van der Waals surface area contributed by atoms with E-state index in [1.807, 2.05) is 13.0 Å². The first-order valence-electron chi connectivity index (χ1n) is 5.80. The van der Waals surface area contributed by atoms with E-state index in [4.69, 9.17) is 4.74 Å². The molecule has 0 bridgehead atoms. The van der Waals surface area contributed by atoms with Crippen molar-refractivity contribution in [3.05, 3.63) is 53.9 Å². The van der Waals surface area contributed by atoms with Gasteiger partial charge in [0.05, 0.1) is 23.5 Å². The van der Waals surface area contributed by atoms with E-state index in [2.05, 4.69) is 4.98 Å². The highest BCUT2D eigenvalue weighted by Crippen LogP contribution is 2.20. The van der Waals surface area contributed by atoms with Crippen LogP contribution in [-0.4, -0.2) is 20.5 Å². The number of nitrogens with zero attached hydrogens (tertiary/aromatic N) is 1. The smallest absolute Gasteiger partial charge is 0.184 e. The molecular formula is C14H15NO3S. The molecule has 0 unspecified atom stereocenters. The van der Waals surface area contributed by atoms with Crippen molar-refractivity contribution in [2.75, 3.05) is 7.11 Å². The van der Waals surface area contributed by atoms with Crippen molar-refractivity contribution in [2.45, 2.75) is 17.6 Å². The van der Waals surface area contributed by atoms with Gasteiger partial charge in [-0.1, -0.05) is 6.07 Å². The summed E-state index contributed by atoms with van der Waals surface area (Å²) >= 11 is 0. The van der Waals surface area contributed by atoms with Crippen molar-refractivity contribution in [3.63, 3.8) is 0 Å². The summed E-state index contributed by atoms with van der Waals surface area (Å²) in [4.78, 5) is 4.40. The summed E-state index contributed by atoms with van der Waals surface area (Å²) in [5, 5.41) is 0. The van der Waals surface area contributed by atoms with Crippen LogP contribution in [0.5, 0.6) is 5.75 Å². The van der Waals surface area contributed by atoms with Gasteiger partial charge in [0.25, 0.3) is 0 Å². The molecule has 0 atom stereocenters. The van der Waals surface area contributed by atoms with Crippen LogP contribution in [0.2, 0.25) is 0 Å². The summed E-state index contributed by atoms with van der Waals surface area (Å²) in [6.07, 6.45) is 1.60. The third kappa shape index (κ3) is 3.12. The Balaban J connectivity index is 2.30. The van der Waals surface area contributed by atoms with E-state index in [-0.39, 0.29) is 10.6 Å². The van der Waals surface area contributed by atoms with Gasteiger partial charge in [-0.15, -0.1) is 0 Å². The molecule has 0 N–H and O–H groups in total. The lowest BCUT2D eigenvalue weighted by molar-refractivity contribution is 0.414. The van der Waals surface area contributed by atoms with Crippen LogP contribution < -0.4 is 4.74 Å². The topological polar surface area (TPSA) is 56.3 Å². The van der Waals surface area contributed by atoms with E-state index in [9.17, 15) is 8.42 Å². The molecule has 1 aromatic heterocycles. The van der Waals surface area contributed by atoms with Crippen molar-refractivity contribution < 1.29 is 13.2 Å². The number of benzene rings is 1. The lowest BCUT2D eigenvalue weighted by Crippen LogP contribution is -2.07. The average Bonchev–Trinajstić information content (AvgIpc) is 2.41. The van der Waals surface area contributed by atoms with Crippen molar-refractivity contribution in [2.24, 2.45) is 0 Å². The van der Waals surface area contributed by atoms with Gasteiger partial charge in [0.2, 0.25) is 0 Å². The SMILES string of the molecule is COc1ccc(S(=O)(=O)Cc2ncccc2C)cc1. The lowest BCUT2D eigenvalue weighted by atomic mass is 10.2. The zero-order valence-electron chi connectivity index (χ0n) is 10.8. The van der Waals surface area contributed by atoms with Gasteiger partial charge in [0.1, 0.15) is 5.75 Å². The number of rotatable bonds is 4. The van der Waals surface area contributed by atoms with Crippen LogP contribution in [0.15, 0.2) is 47.5 Å². The van der Waals surface area contributed by atoms with Crippen LogP contribution in [0.25, 0.3) is 0 Å². The summed E-state index contributed by atoms with van der Waals surface area (Å²) in [6, 6.07) is 10.0. The van der Waals surface area contributed by atoms with Gasteiger partial charge in [-0.3, -0.25) is 4.98 Å². The van der Waals surface area contributed by atoms with E-state index in [1.54, 1.807) is 43.6 Å². The molecule has 4 nitrogen and oxygen atoms in total. The van der Waals surface area contributed by atoms with Crippen LogP contribution in [0.1, 0.15) is 11.3 Å². The molecule has 0 spiro atoms. The highest BCUT2D eigenvalue weighted by molar-refractivity contribution is 7.90. The molecule has 0 aliphatic heterocycles. The van der Waals surface area contributed by atoms with E-state index in [0.717, 1.165) is 5.56 Å². The van der Waals surface area contributed by atoms with Gasteiger partial charge in [0, 0.05) is 6.20 Å². The van der Waals surface area contributed by atoms with Crippen LogP contribution >= 0.6 is 0 Å². The fourth-order valence-corrected chi connectivity index (χ4v) is 3.10. The maximum absolute atomic E-state index is 12.3. The van der Waals surface area contributed by atoms with Crippen molar-refractivity contribution in [3.8, 4) is 5.75 Å². The van der Waals surface area contributed by atoms with Gasteiger partial charge in [-0.25, -0.2) is 8.42 Å². The second-order valence-electron chi connectivity index (χ2n) is 4.20. The number of aryl methyl sites for hydroxylation is 1. The first kappa shape index (κ1) is 13.5. The zero-order valence-corrected chi connectivity index (χ0v) is 11.6. The average molecular weight is 277 g/mol. The molecule has 1 aromatic carbocycles. The van der Waals surface area contributed by atoms with E-state index in [0.29, 0.717) is 11.4 Å². The number of sulfone groups is 1. The molecule has 0 amide bonds. The Labute approximate surface area is 113 Å². The molecular weight excluding hydrogens is 262 g/mol. The second kappa shape index (κ2) is 5.40. The molecule has 0 aliphatic rings. The Hall–Kier alpha value is -1.88. The number of hydrogen-bond acceptors (Lipinski definition) is 4. The Morgan fingerprint density at radius 3 is 2.42 bits per heavy atom. The Kier molecular flexibility index (Phi) is 3.85. The normalized spacial score (nSPS) is 11.3. The number of aromatic nitrogens is 1. The third-order valence-electron chi connectivity index (χ3n) is 2.86. The second-order valence-corrected chi connectivity index (χ2v) is 6.19. The molecule has 0 saturated heterocycles. The molecule has 0 radical (unpaired) electrons. The quantitative estimate of drug-likeness (QED) is 0.861. The summed E-state index contributed by atoms with van der Waals surface area (Å²) < 4.78 is 29.6. The van der Waals surface area contributed by atoms with E-state index >= 15 is 0 Å². The largest absolute Gasteiger partial charge is 0.497 e. The number of hydrogen-bond donors (Lipinski definition) is 0. The van der Waals surface area contributed by atoms with Crippen LogP contribution in [0.4, 0.5) is 0 Å². The monoisotopic (exact) mass is 277 g/mol. The number of ether oxygens (including phenoxy) is 1. The molecule has 2 rings (SSSR count). The highest BCUT2D eigenvalue weighted by atomic mass is 32.2. The zero-order chi connectivity index (χ0) is 13.9. The minimum Gasteiger partial charge on any atom is -0.497 e. The molecule has 19 heavy (non-hydrogen) atoms. The molecule has 2 aromatic rings. The molecule has 1 heterocycles. The fraction of sp³-hybridized carbons (Fsp3) is 0.214. The lowest BCUT2D eigenvalue weighted by Gasteiger charge is -2.07. The molecule has 0 aliphatic carbocycles. The van der Waals surface area contributed by atoms with Crippen LogP contribution in [-0.2, 0) is 15.6 Å². The molecule has 100 valence electrons. The summed E-state index contributed by atoms with van der Waals surface area (Å²) in [7, 11) is -1.84. The predicted octanol–water partition coefficient (Wildman–Crippen LogP) is 2.37. The maximum atomic E-state index is 12.3. The fourth-order valence-electron chi connectivity index (χ4n) is 1.72. The molecule has 0 saturated carbocycles. The van der Waals surface area contributed by atoms with Crippen LogP contribution in [0.3, 0.4) is 0 Å². The summed E-state index contributed by atoms with van der Waals surface area (Å²) in [5.74, 6) is 0.541. The van der Waals surface area contributed by atoms with Crippen LogP contribution in [0, 0.1) is 6.92 Å². The number of pyridine rings is 1. The van der Waals surface area contributed by atoms with Gasteiger partial charge >= 0.3 is 0 Å². The molecule has 0 fully saturated rings. The Morgan fingerprint density at radius 1 is 1.16 bits per heavy atom. The van der Waals surface area contributed by atoms with Gasteiger partial charge in [-0.05, 0) is 42.8 Å². The number of methoxy groups -OCH3 is 1. The highest BCUT2D eigenvalue weighted by Gasteiger charge is 2.17. The first-order valence-corrected chi connectivity index (χ1v) is 7.45. The maximum Gasteiger partial charge on any atom is 0.184 e. The van der Waals surface area contributed by atoms with Crippen molar-refractivity contribution in [1.29, 1.82) is 0 Å². The van der Waals surface area contributed by atoms with Gasteiger partial charge < -0.3 is 4.74 Å². The van der Waals surface area contributed by atoms with Gasteiger partial charge in [-0.2, -0.15) is 0 Å². The summed E-state index contributed by atoms with van der Waals surface area (Å²) in [6.45, 7) is 1.85. The standard InChI is InChI=1S/C14H15NO3S/c1-11-4-3-9-15-14(11)10-19(16,17)13-7-5-12(18-2)6-8-13/h3-9H,10H2,1-2H3. The van der Waals surface area contributed by atoms with E-state index in [1.165, 1.54) is 0 Å².